The average molecular weight is 297 g/mol. The van der Waals surface area contributed by atoms with Crippen LogP contribution in [-0.4, -0.2) is 38.4 Å². The van der Waals surface area contributed by atoms with Crippen molar-refractivity contribution in [1.29, 1.82) is 0 Å². The van der Waals surface area contributed by atoms with Gasteiger partial charge in [0.1, 0.15) is 11.8 Å². The van der Waals surface area contributed by atoms with Crippen LogP contribution in [0.3, 0.4) is 0 Å². The predicted octanol–water partition coefficient (Wildman–Crippen LogP) is 2.06. The van der Waals surface area contributed by atoms with Crippen LogP contribution < -0.4 is 19.5 Å². The van der Waals surface area contributed by atoms with Gasteiger partial charge in [0.15, 0.2) is 11.5 Å². The Morgan fingerprint density at radius 1 is 1.14 bits per heavy atom. The van der Waals surface area contributed by atoms with Crippen molar-refractivity contribution in [3.63, 3.8) is 0 Å². The third kappa shape index (κ3) is 4.53. The maximum absolute atomic E-state index is 11.2. The Balaban J connectivity index is 2.93. The molecule has 0 saturated heterocycles. The summed E-state index contributed by atoms with van der Waals surface area (Å²) in [5, 5.41) is 12.2. The van der Waals surface area contributed by atoms with Crippen LogP contribution in [0.2, 0.25) is 0 Å². The second-order valence-corrected chi connectivity index (χ2v) is 4.58. The van der Waals surface area contributed by atoms with E-state index in [1.807, 2.05) is 6.92 Å². The van der Waals surface area contributed by atoms with Gasteiger partial charge >= 0.3 is 5.97 Å². The fourth-order valence-electron chi connectivity index (χ4n) is 2.07. The number of carboxylic acids is 1. The summed E-state index contributed by atoms with van der Waals surface area (Å²) in [4.78, 5) is 11.2. The van der Waals surface area contributed by atoms with Gasteiger partial charge in [0.25, 0.3) is 0 Å². The molecule has 0 bridgehead atoms. The lowest BCUT2D eigenvalue weighted by atomic mass is 10.1. The molecule has 0 amide bonds. The number of rotatable bonds is 9. The summed E-state index contributed by atoms with van der Waals surface area (Å²) in [5.41, 5.74) is 0.817. The Kier molecular flexibility index (Phi) is 6.81. The number of carboxylic acid groups (broad SMARTS) is 1. The number of hydrogen-bond donors (Lipinski definition) is 2. The smallest absolute Gasteiger partial charge is 0.320 e. The zero-order valence-corrected chi connectivity index (χ0v) is 12.9. The van der Waals surface area contributed by atoms with Gasteiger partial charge in [-0.3, -0.25) is 4.79 Å². The monoisotopic (exact) mass is 297 g/mol. The van der Waals surface area contributed by atoms with Gasteiger partial charge in [-0.15, -0.1) is 0 Å². The van der Waals surface area contributed by atoms with E-state index in [0.717, 1.165) is 12.0 Å². The van der Waals surface area contributed by atoms with Crippen LogP contribution in [0.5, 0.6) is 17.2 Å². The number of ether oxygens (including phenoxy) is 3. The Morgan fingerprint density at radius 2 is 1.71 bits per heavy atom. The molecule has 0 aliphatic carbocycles. The van der Waals surface area contributed by atoms with Crippen molar-refractivity contribution >= 4 is 5.97 Å². The highest BCUT2D eigenvalue weighted by atomic mass is 16.5. The Morgan fingerprint density at radius 3 is 2.19 bits per heavy atom. The molecule has 1 rings (SSSR count). The number of nitrogens with one attached hydrogen (secondary N) is 1. The molecule has 0 radical (unpaired) electrons. The van der Waals surface area contributed by atoms with E-state index in [4.69, 9.17) is 19.3 Å². The summed E-state index contributed by atoms with van der Waals surface area (Å²) in [7, 11) is 4.67. The first-order chi connectivity index (χ1) is 10.1. The third-order valence-electron chi connectivity index (χ3n) is 3.20. The fraction of sp³-hybridized carbons (Fsp3) is 0.533. The number of carbonyl (C=O) groups is 1. The molecular formula is C15H23NO5. The van der Waals surface area contributed by atoms with Gasteiger partial charge in [-0.2, -0.15) is 0 Å². The van der Waals surface area contributed by atoms with Crippen molar-refractivity contribution in [2.75, 3.05) is 21.3 Å². The molecule has 2 N–H and O–H groups in total. The van der Waals surface area contributed by atoms with Crippen LogP contribution in [-0.2, 0) is 11.3 Å². The molecule has 6 heteroatoms. The lowest BCUT2D eigenvalue weighted by Gasteiger charge is -2.17. The first-order valence-electron chi connectivity index (χ1n) is 6.82. The highest BCUT2D eigenvalue weighted by Crippen LogP contribution is 2.34. The van der Waals surface area contributed by atoms with Gasteiger partial charge in [-0.25, -0.2) is 0 Å². The SMILES string of the molecule is CCCC(NCc1cc(OC)c(OC)cc1OC)C(=O)O. The average Bonchev–Trinajstić information content (AvgIpc) is 2.50. The molecule has 6 nitrogen and oxygen atoms in total. The second kappa shape index (κ2) is 8.36. The van der Waals surface area contributed by atoms with E-state index in [0.29, 0.717) is 30.2 Å². The second-order valence-electron chi connectivity index (χ2n) is 4.58. The van der Waals surface area contributed by atoms with Crippen molar-refractivity contribution in [2.24, 2.45) is 0 Å². The molecule has 0 aliphatic rings. The lowest BCUT2D eigenvalue weighted by molar-refractivity contribution is -0.139. The quantitative estimate of drug-likeness (QED) is 0.726. The molecule has 0 aromatic heterocycles. The van der Waals surface area contributed by atoms with Crippen molar-refractivity contribution in [3.8, 4) is 17.2 Å². The summed E-state index contributed by atoms with van der Waals surface area (Å²) >= 11 is 0. The summed E-state index contributed by atoms with van der Waals surface area (Å²) in [6, 6.07) is 2.94. The zero-order valence-electron chi connectivity index (χ0n) is 12.9. The first kappa shape index (κ1) is 17.1. The van der Waals surface area contributed by atoms with E-state index < -0.39 is 12.0 Å². The van der Waals surface area contributed by atoms with Crippen LogP contribution in [0.15, 0.2) is 12.1 Å². The molecule has 0 heterocycles. The van der Waals surface area contributed by atoms with Gasteiger partial charge in [-0.1, -0.05) is 13.3 Å². The Hall–Kier alpha value is -1.95. The van der Waals surface area contributed by atoms with E-state index >= 15 is 0 Å². The predicted molar refractivity (Wildman–Crippen MR) is 79.3 cm³/mol. The minimum absolute atomic E-state index is 0.375. The Bertz CT molecular complexity index is 475. The van der Waals surface area contributed by atoms with Gasteiger partial charge < -0.3 is 24.6 Å². The van der Waals surface area contributed by atoms with Crippen LogP contribution in [0, 0.1) is 0 Å². The van der Waals surface area contributed by atoms with E-state index in [1.54, 1.807) is 33.5 Å². The number of methoxy groups -OCH3 is 3. The molecule has 1 atom stereocenters. The normalized spacial score (nSPS) is 11.8. The van der Waals surface area contributed by atoms with Crippen LogP contribution in [0.25, 0.3) is 0 Å². The number of hydrogen-bond acceptors (Lipinski definition) is 5. The molecule has 1 unspecified atom stereocenters. The van der Waals surface area contributed by atoms with Crippen LogP contribution >= 0.6 is 0 Å². The minimum Gasteiger partial charge on any atom is -0.496 e. The van der Waals surface area contributed by atoms with Crippen molar-refractivity contribution in [2.45, 2.75) is 32.4 Å². The van der Waals surface area contributed by atoms with E-state index in [-0.39, 0.29) is 0 Å². The summed E-state index contributed by atoms with van der Waals surface area (Å²) in [5.74, 6) is 0.927. The van der Waals surface area contributed by atoms with Gasteiger partial charge in [0.05, 0.1) is 21.3 Å². The van der Waals surface area contributed by atoms with Crippen LogP contribution in [0.1, 0.15) is 25.3 Å². The molecule has 0 spiro atoms. The molecule has 1 aromatic rings. The number of benzene rings is 1. The largest absolute Gasteiger partial charge is 0.496 e. The van der Waals surface area contributed by atoms with E-state index in [1.165, 1.54) is 0 Å². The lowest BCUT2D eigenvalue weighted by Crippen LogP contribution is -2.36. The summed E-state index contributed by atoms with van der Waals surface area (Å²) in [6.45, 7) is 2.33. The molecule has 0 fully saturated rings. The first-order valence-corrected chi connectivity index (χ1v) is 6.82. The van der Waals surface area contributed by atoms with Crippen molar-refractivity contribution < 1.29 is 24.1 Å². The zero-order chi connectivity index (χ0) is 15.8. The minimum atomic E-state index is -0.851. The van der Waals surface area contributed by atoms with Gasteiger partial charge in [0.2, 0.25) is 0 Å². The standard InChI is InChI=1S/C15H23NO5/c1-5-6-11(15(17)18)16-9-10-7-13(20-3)14(21-4)8-12(10)19-2/h7-8,11,16H,5-6,9H2,1-4H3,(H,17,18). The topological polar surface area (TPSA) is 77.0 Å². The Labute approximate surface area is 125 Å². The van der Waals surface area contributed by atoms with Crippen LogP contribution in [0.4, 0.5) is 0 Å². The maximum atomic E-state index is 11.2. The van der Waals surface area contributed by atoms with Crippen molar-refractivity contribution in [1.82, 2.24) is 5.32 Å². The molecule has 21 heavy (non-hydrogen) atoms. The van der Waals surface area contributed by atoms with Gasteiger partial charge in [0, 0.05) is 18.2 Å². The third-order valence-corrected chi connectivity index (χ3v) is 3.20. The molecule has 1 aromatic carbocycles. The summed E-state index contributed by atoms with van der Waals surface area (Å²) < 4.78 is 15.8. The van der Waals surface area contributed by atoms with E-state index in [9.17, 15) is 4.79 Å². The van der Waals surface area contributed by atoms with Crippen molar-refractivity contribution in [3.05, 3.63) is 17.7 Å². The molecular weight excluding hydrogens is 274 g/mol. The van der Waals surface area contributed by atoms with E-state index in [2.05, 4.69) is 5.32 Å². The molecule has 118 valence electrons. The van der Waals surface area contributed by atoms with Gasteiger partial charge in [-0.05, 0) is 12.5 Å². The highest BCUT2D eigenvalue weighted by molar-refractivity contribution is 5.73. The maximum Gasteiger partial charge on any atom is 0.320 e. The fourth-order valence-corrected chi connectivity index (χ4v) is 2.07. The number of aliphatic carboxylic acids is 1. The molecule has 0 aliphatic heterocycles. The summed E-state index contributed by atoms with van der Waals surface area (Å²) in [6.07, 6.45) is 1.37. The highest BCUT2D eigenvalue weighted by Gasteiger charge is 2.17. The molecule has 0 saturated carbocycles.